The molecule has 3 rings (SSSR count). The van der Waals surface area contributed by atoms with E-state index in [4.69, 9.17) is 16.3 Å². The number of carbonyl (C=O) groups excluding carboxylic acids is 1. The van der Waals surface area contributed by atoms with E-state index in [0.717, 1.165) is 10.1 Å². The molecule has 0 aliphatic carbocycles. The van der Waals surface area contributed by atoms with Crippen LogP contribution in [-0.2, 0) is 17.9 Å². The van der Waals surface area contributed by atoms with Crippen LogP contribution in [0.4, 0.5) is 11.6 Å². The average molecular weight is 458 g/mol. The van der Waals surface area contributed by atoms with Crippen LogP contribution in [0.1, 0.15) is 19.4 Å². The normalized spacial score (nSPS) is 10.6. The van der Waals surface area contributed by atoms with Crippen molar-refractivity contribution in [3.63, 3.8) is 0 Å². The van der Waals surface area contributed by atoms with Gasteiger partial charge in [0.1, 0.15) is 12.4 Å². The summed E-state index contributed by atoms with van der Waals surface area (Å²) in [5.74, 6) is 0.642. The van der Waals surface area contributed by atoms with Gasteiger partial charge in [0.15, 0.2) is 0 Å². The smallest absolute Gasteiger partial charge is 0.354 e. The molecule has 10 heteroatoms. The second-order valence-electron chi connectivity index (χ2n) is 6.94. The van der Waals surface area contributed by atoms with Crippen molar-refractivity contribution >= 4 is 29.1 Å². The van der Waals surface area contributed by atoms with Gasteiger partial charge in [0.2, 0.25) is 11.9 Å². The molecule has 2 aromatic carbocycles. The minimum atomic E-state index is -0.620. The number of benzene rings is 2. The molecule has 0 bridgehead atoms. The fourth-order valence-electron chi connectivity index (χ4n) is 2.97. The zero-order chi connectivity index (χ0) is 23.1. The Balaban J connectivity index is 1.82. The maximum atomic E-state index is 12.9. The van der Waals surface area contributed by atoms with Gasteiger partial charge in [0, 0.05) is 24.2 Å². The minimum absolute atomic E-state index is 0.115. The number of nitrogens with one attached hydrogen (secondary N) is 2. The lowest BCUT2D eigenvalue weighted by molar-refractivity contribution is -0.119. The number of anilines is 2. The van der Waals surface area contributed by atoms with Crippen LogP contribution in [-0.4, -0.2) is 33.2 Å². The first-order valence-corrected chi connectivity index (χ1v) is 10.5. The molecule has 0 saturated heterocycles. The molecule has 0 radical (unpaired) electrons. The Kier molecular flexibility index (Phi) is 7.67. The largest absolute Gasteiger partial charge is 0.492 e. The highest BCUT2D eigenvalue weighted by Gasteiger charge is 2.13. The lowest BCUT2D eigenvalue weighted by Gasteiger charge is -2.15. The van der Waals surface area contributed by atoms with E-state index in [1.165, 1.54) is 11.5 Å². The number of ether oxygens (including phenoxy) is 1. The highest BCUT2D eigenvalue weighted by atomic mass is 35.5. The first kappa shape index (κ1) is 23.1. The van der Waals surface area contributed by atoms with Crippen LogP contribution in [0, 0.1) is 0 Å². The Labute approximate surface area is 189 Å². The van der Waals surface area contributed by atoms with Crippen LogP contribution in [0.2, 0.25) is 5.02 Å². The predicted molar refractivity (Wildman–Crippen MR) is 123 cm³/mol. The van der Waals surface area contributed by atoms with E-state index in [1.54, 1.807) is 43.3 Å². The summed E-state index contributed by atoms with van der Waals surface area (Å²) in [5.41, 5.74) is 0.392. The monoisotopic (exact) mass is 457 g/mol. The summed E-state index contributed by atoms with van der Waals surface area (Å²) >= 11 is 5.95. The van der Waals surface area contributed by atoms with Crippen LogP contribution >= 0.6 is 11.6 Å². The third-order valence-corrected chi connectivity index (χ3v) is 4.83. The zero-order valence-electron chi connectivity index (χ0n) is 17.8. The van der Waals surface area contributed by atoms with Crippen molar-refractivity contribution in [2.75, 3.05) is 18.5 Å². The molecule has 0 aliphatic rings. The van der Waals surface area contributed by atoms with E-state index in [2.05, 4.69) is 15.6 Å². The number of hydrogen-bond donors (Lipinski definition) is 2. The van der Waals surface area contributed by atoms with E-state index in [-0.39, 0.29) is 24.9 Å². The molecule has 3 aromatic rings. The maximum absolute atomic E-state index is 12.9. The molecule has 32 heavy (non-hydrogen) atoms. The third kappa shape index (κ3) is 5.98. The molecule has 1 heterocycles. The summed E-state index contributed by atoms with van der Waals surface area (Å²) in [6.07, 6.45) is 0. The van der Waals surface area contributed by atoms with Gasteiger partial charge in [0.05, 0.1) is 13.1 Å². The molecule has 0 aliphatic heterocycles. The zero-order valence-corrected chi connectivity index (χ0v) is 18.6. The quantitative estimate of drug-likeness (QED) is 0.478. The Morgan fingerprint density at radius 3 is 2.38 bits per heavy atom. The van der Waals surface area contributed by atoms with Crippen molar-refractivity contribution < 1.29 is 9.53 Å². The molecular formula is C22H24ClN5O4. The lowest BCUT2D eigenvalue weighted by Crippen LogP contribution is -2.42. The lowest BCUT2D eigenvalue weighted by atomic mass is 10.2. The van der Waals surface area contributed by atoms with Crippen LogP contribution in [0.25, 0.3) is 0 Å². The average Bonchev–Trinajstić information content (AvgIpc) is 2.76. The van der Waals surface area contributed by atoms with Gasteiger partial charge in [-0.15, -0.1) is 0 Å². The molecule has 168 valence electrons. The van der Waals surface area contributed by atoms with Gasteiger partial charge in [-0.1, -0.05) is 23.7 Å². The van der Waals surface area contributed by atoms with Crippen molar-refractivity contribution in [2.45, 2.75) is 26.9 Å². The van der Waals surface area contributed by atoms with E-state index in [9.17, 15) is 14.4 Å². The summed E-state index contributed by atoms with van der Waals surface area (Å²) in [5, 5.41) is 6.29. The first-order chi connectivity index (χ1) is 15.4. The van der Waals surface area contributed by atoms with Crippen LogP contribution in [0.15, 0.2) is 58.1 Å². The summed E-state index contributed by atoms with van der Waals surface area (Å²) in [6, 6.07) is 14.1. The van der Waals surface area contributed by atoms with Gasteiger partial charge >= 0.3 is 11.4 Å². The van der Waals surface area contributed by atoms with Gasteiger partial charge < -0.3 is 15.4 Å². The molecular weight excluding hydrogens is 434 g/mol. The Morgan fingerprint density at radius 1 is 1.06 bits per heavy atom. The van der Waals surface area contributed by atoms with E-state index >= 15 is 0 Å². The molecule has 2 N–H and O–H groups in total. The standard InChI is InChI=1S/C22H24ClN5O4/c1-3-27-21(30)26-20(28(22(27)31)14-16-4-6-17(23)7-5-16)25-18-8-10-19(11-9-18)32-13-12-24-15(2)29/h4-11H,3,12-14H2,1-2H3,(H,24,29)(H,25,26,30). The first-order valence-electron chi connectivity index (χ1n) is 10.1. The number of aromatic nitrogens is 3. The van der Waals surface area contributed by atoms with Gasteiger partial charge in [-0.25, -0.2) is 14.2 Å². The van der Waals surface area contributed by atoms with Crippen molar-refractivity contribution in [2.24, 2.45) is 0 Å². The molecule has 0 unspecified atom stereocenters. The third-order valence-electron chi connectivity index (χ3n) is 4.58. The number of halogens is 1. The van der Waals surface area contributed by atoms with Gasteiger partial charge in [-0.05, 0) is 48.9 Å². The van der Waals surface area contributed by atoms with Crippen LogP contribution in [0.5, 0.6) is 5.75 Å². The van der Waals surface area contributed by atoms with Gasteiger partial charge in [-0.2, -0.15) is 4.98 Å². The second-order valence-corrected chi connectivity index (χ2v) is 7.37. The molecule has 0 atom stereocenters. The van der Waals surface area contributed by atoms with Crippen molar-refractivity contribution in [3.8, 4) is 5.75 Å². The van der Waals surface area contributed by atoms with Gasteiger partial charge in [0.25, 0.3) is 0 Å². The SMILES string of the molecule is CCn1c(=O)nc(Nc2ccc(OCCNC(C)=O)cc2)n(Cc2ccc(Cl)cc2)c1=O. The van der Waals surface area contributed by atoms with Crippen LogP contribution in [0.3, 0.4) is 0 Å². The Bertz CT molecular complexity index is 1190. The molecule has 1 amide bonds. The number of nitrogens with zero attached hydrogens (tertiary/aromatic N) is 3. The fourth-order valence-corrected chi connectivity index (χ4v) is 3.10. The molecule has 9 nitrogen and oxygen atoms in total. The van der Waals surface area contributed by atoms with Gasteiger partial charge in [-0.3, -0.25) is 9.36 Å². The topological polar surface area (TPSA) is 107 Å². The molecule has 1 aromatic heterocycles. The number of amides is 1. The van der Waals surface area contributed by atoms with E-state index in [1.807, 2.05) is 12.1 Å². The molecule has 0 saturated carbocycles. The van der Waals surface area contributed by atoms with Crippen LogP contribution < -0.4 is 26.7 Å². The number of hydrogen-bond acceptors (Lipinski definition) is 6. The number of carbonyl (C=O) groups is 1. The summed E-state index contributed by atoms with van der Waals surface area (Å²) in [6.45, 7) is 4.34. The highest BCUT2D eigenvalue weighted by molar-refractivity contribution is 6.30. The molecule has 0 spiro atoms. The predicted octanol–water partition coefficient (Wildman–Crippen LogP) is 2.39. The van der Waals surface area contributed by atoms with E-state index < -0.39 is 11.4 Å². The van der Waals surface area contributed by atoms with Crippen molar-refractivity contribution in [1.29, 1.82) is 0 Å². The van der Waals surface area contributed by atoms with Crippen molar-refractivity contribution in [3.05, 3.63) is 80.1 Å². The maximum Gasteiger partial charge on any atom is 0.354 e. The summed E-state index contributed by atoms with van der Waals surface area (Å²) < 4.78 is 8.05. The summed E-state index contributed by atoms with van der Waals surface area (Å²) in [4.78, 5) is 40.2. The van der Waals surface area contributed by atoms with E-state index in [0.29, 0.717) is 29.6 Å². The number of rotatable bonds is 9. The Morgan fingerprint density at radius 2 is 1.75 bits per heavy atom. The molecule has 0 fully saturated rings. The minimum Gasteiger partial charge on any atom is -0.492 e. The highest BCUT2D eigenvalue weighted by Crippen LogP contribution is 2.19. The summed E-state index contributed by atoms with van der Waals surface area (Å²) in [7, 11) is 0. The second kappa shape index (κ2) is 10.6. The van der Waals surface area contributed by atoms with Crippen molar-refractivity contribution in [1.82, 2.24) is 19.4 Å². The fraction of sp³-hybridized carbons (Fsp3) is 0.273. The Hall–Kier alpha value is -3.59.